The highest BCUT2D eigenvalue weighted by Gasteiger charge is 2.24. The summed E-state index contributed by atoms with van der Waals surface area (Å²) in [4.78, 5) is 18.4. The Kier molecular flexibility index (Phi) is 7.56. The number of anilines is 1. The second-order valence-corrected chi connectivity index (χ2v) is 9.57. The van der Waals surface area contributed by atoms with Gasteiger partial charge in [0.05, 0.1) is 29.8 Å². The Labute approximate surface area is 199 Å². The summed E-state index contributed by atoms with van der Waals surface area (Å²) in [5.41, 5.74) is 2.37. The number of sulfonamides is 1. The van der Waals surface area contributed by atoms with Crippen molar-refractivity contribution in [3.63, 3.8) is 0 Å². The van der Waals surface area contributed by atoms with Gasteiger partial charge < -0.3 is 14.4 Å². The highest BCUT2D eigenvalue weighted by molar-refractivity contribution is 7.89. The van der Waals surface area contributed by atoms with Gasteiger partial charge in [-0.25, -0.2) is 22.9 Å². The lowest BCUT2D eigenvalue weighted by atomic mass is 10.1. The molecule has 0 saturated carbocycles. The molecule has 1 saturated heterocycles. The van der Waals surface area contributed by atoms with Crippen LogP contribution in [0.4, 0.5) is 5.82 Å². The summed E-state index contributed by atoms with van der Waals surface area (Å²) in [6.45, 7) is 3.73. The van der Waals surface area contributed by atoms with Crippen LogP contribution >= 0.6 is 0 Å². The van der Waals surface area contributed by atoms with Crippen LogP contribution in [0.25, 0.3) is 11.1 Å². The molecule has 4 rings (SSSR count). The zero-order valence-electron chi connectivity index (χ0n) is 18.9. The summed E-state index contributed by atoms with van der Waals surface area (Å²) in [5.74, 6) is 0.285. The fourth-order valence-corrected chi connectivity index (χ4v) is 4.77. The molecular formula is C25H27N3O5S. The summed E-state index contributed by atoms with van der Waals surface area (Å²) in [7, 11) is -3.68. The minimum absolute atomic E-state index is 0.139. The zero-order valence-corrected chi connectivity index (χ0v) is 19.7. The molecule has 2 heterocycles. The summed E-state index contributed by atoms with van der Waals surface area (Å²) in [6.07, 6.45) is 1.15. The third kappa shape index (κ3) is 5.80. The second kappa shape index (κ2) is 10.8. The van der Waals surface area contributed by atoms with Crippen molar-refractivity contribution in [1.29, 1.82) is 0 Å². The maximum atomic E-state index is 12.8. The number of nitrogens with zero attached hydrogens (tertiary/aromatic N) is 2. The molecule has 34 heavy (non-hydrogen) atoms. The van der Waals surface area contributed by atoms with E-state index in [2.05, 4.69) is 9.71 Å². The zero-order chi connectivity index (χ0) is 24.0. The van der Waals surface area contributed by atoms with Crippen molar-refractivity contribution in [2.45, 2.75) is 17.9 Å². The molecule has 1 aromatic heterocycles. The van der Waals surface area contributed by atoms with Crippen LogP contribution in [0.15, 0.2) is 77.8 Å². The summed E-state index contributed by atoms with van der Waals surface area (Å²) >= 11 is 0. The number of nitrogens with one attached hydrogen (secondary N) is 1. The van der Waals surface area contributed by atoms with Crippen molar-refractivity contribution in [2.24, 2.45) is 0 Å². The van der Waals surface area contributed by atoms with Crippen molar-refractivity contribution >= 4 is 21.8 Å². The van der Waals surface area contributed by atoms with E-state index in [0.717, 1.165) is 11.1 Å². The van der Waals surface area contributed by atoms with Crippen molar-refractivity contribution in [3.8, 4) is 11.1 Å². The molecule has 1 aliphatic heterocycles. The molecule has 0 spiro atoms. The Bertz CT molecular complexity index is 1200. The molecule has 0 amide bonds. The standard InChI is InChI=1S/C25H27N3O5S/c1-2-32-25(29)21-10-13-24(26-16-21)28-14-15-33-22(18-28)17-27-34(30,31)23-11-8-20(9-12-23)19-6-4-3-5-7-19/h3-13,16,22,27H,2,14-15,17-18H2,1H3. The number of benzene rings is 2. The minimum Gasteiger partial charge on any atom is -0.462 e. The normalized spacial score (nSPS) is 16.3. The molecule has 0 bridgehead atoms. The SMILES string of the molecule is CCOC(=O)c1ccc(N2CCOC(CNS(=O)(=O)c3ccc(-c4ccccc4)cc3)C2)nc1. The minimum atomic E-state index is -3.68. The monoisotopic (exact) mass is 481 g/mol. The van der Waals surface area contributed by atoms with Gasteiger partial charge in [-0.15, -0.1) is 0 Å². The van der Waals surface area contributed by atoms with Gasteiger partial charge in [-0.2, -0.15) is 0 Å². The van der Waals surface area contributed by atoms with E-state index in [0.29, 0.717) is 37.7 Å². The van der Waals surface area contributed by atoms with Crippen LogP contribution in [0.5, 0.6) is 0 Å². The van der Waals surface area contributed by atoms with E-state index in [1.165, 1.54) is 6.20 Å². The first kappa shape index (κ1) is 23.9. The van der Waals surface area contributed by atoms with Crippen LogP contribution in [0.3, 0.4) is 0 Å². The number of pyridine rings is 1. The van der Waals surface area contributed by atoms with Gasteiger partial charge in [0.1, 0.15) is 5.82 Å². The maximum Gasteiger partial charge on any atom is 0.339 e. The first-order valence-electron chi connectivity index (χ1n) is 11.1. The number of aromatic nitrogens is 1. The van der Waals surface area contributed by atoms with Gasteiger partial charge in [-0.1, -0.05) is 42.5 Å². The number of carbonyl (C=O) groups excluding carboxylic acids is 1. The Hall–Kier alpha value is -3.27. The number of morpholine rings is 1. The van der Waals surface area contributed by atoms with E-state index in [1.807, 2.05) is 35.2 Å². The van der Waals surface area contributed by atoms with Crippen LogP contribution in [-0.4, -0.2) is 58.3 Å². The van der Waals surface area contributed by atoms with Crippen LogP contribution in [0.1, 0.15) is 17.3 Å². The molecular weight excluding hydrogens is 454 g/mol. The predicted octanol–water partition coefficient (Wildman–Crippen LogP) is 3.11. The van der Waals surface area contributed by atoms with Gasteiger partial charge in [0.2, 0.25) is 10.0 Å². The van der Waals surface area contributed by atoms with Gasteiger partial charge in [-0.3, -0.25) is 0 Å². The Morgan fingerprint density at radius 2 is 1.82 bits per heavy atom. The lowest BCUT2D eigenvalue weighted by Crippen LogP contribution is -2.47. The molecule has 178 valence electrons. The summed E-state index contributed by atoms with van der Waals surface area (Å²) in [5, 5.41) is 0. The van der Waals surface area contributed by atoms with Crippen molar-refractivity contribution < 1.29 is 22.7 Å². The average molecular weight is 482 g/mol. The Morgan fingerprint density at radius 3 is 2.50 bits per heavy atom. The fourth-order valence-electron chi connectivity index (χ4n) is 3.70. The maximum absolute atomic E-state index is 12.8. The highest BCUT2D eigenvalue weighted by Crippen LogP contribution is 2.21. The predicted molar refractivity (Wildman–Crippen MR) is 129 cm³/mol. The molecule has 1 N–H and O–H groups in total. The van der Waals surface area contributed by atoms with E-state index in [1.54, 1.807) is 43.3 Å². The van der Waals surface area contributed by atoms with E-state index < -0.39 is 16.0 Å². The quantitative estimate of drug-likeness (QED) is 0.494. The smallest absolute Gasteiger partial charge is 0.339 e. The average Bonchev–Trinajstić information content (AvgIpc) is 2.88. The Balaban J connectivity index is 1.35. The molecule has 1 atom stereocenters. The van der Waals surface area contributed by atoms with E-state index in [4.69, 9.17) is 9.47 Å². The largest absolute Gasteiger partial charge is 0.462 e. The number of ether oxygens (including phenoxy) is 2. The number of esters is 1. The molecule has 1 unspecified atom stereocenters. The van der Waals surface area contributed by atoms with Gasteiger partial charge in [-0.05, 0) is 42.3 Å². The van der Waals surface area contributed by atoms with Crippen LogP contribution < -0.4 is 9.62 Å². The third-order valence-electron chi connectivity index (χ3n) is 5.49. The topological polar surface area (TPSA) is 97.8 Å². The first-order valence-corrected chi connectivity index (χ1v) is 12.6. The van der Waals surface area contributed by atoms with Crippen LogP contribution in [-0.2, 0) is 19.5 Å². The number of hydrogen-bond donors (Lipinski definition) is 1. The second-order valence-electron chi connectivity index (χ2n) is 7.81. The molecule has 2 aromatic carbocycles. The van der Waals surface area contributed by atoms with Crippen LogP contribution in [0.2, 0.25) is 0 Å². The third-order valence-corrected chi connectivity index (χ3v) is 6.93. The van der Waals surface area contributed by atoms with Crippen LogP contribution in [0, 0.1) is 0 Å². The summed E-state index contributed by atoms with van der Waals surface area (Å²) < 4.78 is 39.0. The molecule has 1 fully saturated rings. The van der Waals surface area contributed by atoms with E-state index in [9.17, 15) is 13.2 Å². The van der Waals surface area contributed by atoms with E-state index >= 15 is 0 Å². The Morgan fingerprint density at radius 1 is 1.09 bits per heavy atom. The molecule has 0 aliphatic carbocycles. The van der Waals surface area contributed by atoms with Gasteiger partial charge in [0.25, 0.3) is 0 Å². The van der Waals surface area contributed by atoms with Gasteiger partial charge in [0.15, 0.2) is 0 Å². The van der Waals surface area contributed by atoms with Crippen molar-refractivity contribution in [2.75, 3.05) is 37.7 Å². The number of carbonyl (C=O) groups is 1. The molecule has 3 aromatic rings. The fraction of sp³-hybridized carbons (Fsp3) is 0.280. The molecule has 8 nitrogen and oxygen atoms in total. The van der Waals surface area contributed by atoms with Gasteiger partial charge in [0, 0.05) is 25.8 Å². The van der Waals surface area contributed by atoms with Crippen molar-refractivity contribution in [3.05, 3.63) is 78.5 Å². The van der Waals surface area contributed by atoms with E-state index in [-0.39, 0.29) is 17.5 Å². The lowest BCUT2D eigenvalue weighted by Gasteiger charge is -2.33. The number of hydrogen-bond acceptors (Lipinski definition) is 7. The highest BCUT2D eigenvalue weighted by atomic mass is 32.2. The number of rotatable bonds is 8. The molecule has 0 radical (unpaired) electrons. The lowest BCUT2D eigenvalue weighted by molar-refractivity contribution is 0.0439. The molecule has 1 aliphatic rings. The van der Waals surface area contributed by atoms with Crippen molar-refractivity contribution in [1.82, 2.24) is 9.71 Å². The summed E-state index contributed by atoms with van der Waals surface area (Å²) in [6, 6.07) is 20.0. The first-order chi connectivity index (χ1) is 16.5. The van der Waals surface area contributed by atoms with Gasteiger partial charge >= 0.3 is 5.97 Å². The molecule has 9 heteroatoms.